The quantitative estimate of drug-likeness (QED) is 0.451. The second-order valence-electron chi connectivity index (χ2n) is 7.14. The Morgan fingerprint density at radius 2 is 1.27 bits per heavy atom. The van der Waals surface area contributed by atoms with E-state index in [0.29, 0.717) is 0 Å². The molecule has 0 aliphatic carbocycles. The Morgan fingerprint density at radius 1 is 0.833 bits per heavy atom. The van der Waals surface area contributed by atoms with Crippen LogP contribution in [0.15, 0.2) is 60.7 Å². The van der Waals surface area contributed by atoms with Crippen LogP contribution >= 0.6 is 0 Å². The minimum absolute atomic E-state index is 0.0150. The second kappa shape index (κ2) is 10.9. The summed E-state index contributed by atoms with van der Waals surface area (Å²) >= 11 is 0. The molecule has 0 bridgehead atoms. The van der Waals surface area contributed by atoms with Crippen LogP contribution in [-0.2, 0) is 29.2 Å². The van der Waals surface area contributed by atoms with Crippen molar-refractivity contribution in [2.75, 3.05) is 13.2 Å². The number of hydrogen-bond acceptors (Lipinski definition) is 6. The molecule has 162 valence electrons. The molecular formula is C22H26O7S. The lowest BCUT2D eigenvalue weighted by atomic mass is 10.0. The Hall–Kier alpha value is -2.71. The number of benzene rings is 2. The summed E-state index contributed by atoms with van der Waals surface area (Å²) < 4.78 is 42.8. The van der Waals surface area contributed by atoms with Gasteiger partial charge in [0.05, 0.1) is 19.6 Å². The minimum Gasteiger partial charge on any atom is -0.465 e. The van der Waals surface area contributed by atoms with Crippen LogP contribution in [0.2, 0.25) is 0 Å². The SMILES string of the molecule is CC(COC(=O)CC(C(=O)OCC(C)c1ccccc1)S(=O)(=O)O)c1ccccc1. The van der Waals surface area contributed by atoms with Crippen molar-refractivity contribution >= 4 is 22.1 Å². The van der Waals surface area contributed by atoms with Gasteiger partial charge in [0.15, 0.2) is 5.25 Å². The zero-order valence-electron chi connectivity index (χ0n) is 16.9. The molecular weight excluding hydrogens is 408 g/mol. The molecule has 2 rings (SSSR count). The highest BCUT2D eigenvalue weighted by atomic mass is 32.2. The normalized spacial score (nSPS) is 14.4. The molecule has 8 heteroatoms. The van der Waals surface area contributed by atoms with Crippen molar-refractivity contribution in [3.05, 3.63) is 71.8 Å². The molecule has 0 radical (unpaired) electrons. The lowest BCUT2D eigenvalue weighted by Gasteiger charge is -2.17. The van der Waals surface area contributed by atoms with Crippen LogP contribution < -0.4 is 0 Å². The summed E-state index contributed by atoms with van der Waals surface area (Å²) in [5, 5.41) is -2.03. The number of ether oxygens (including phenoxy) is 2. The van der Waals surface area contributed by atoms with Gasteiger partial charge in [-0.1, -0.05) is 74.5 Å². The van der Waals surface area contributed by atoms with Crippen LogP contribution in [0.5, 0.6) is 0 Å². The molecule has 0 aliphatic rings. The smallest absolute Gasteiger partial charge is 0.327 e. The summed E-state index contributed by atoms with van der Waals surface area (Å²) in [4.78, 5) is 24.3. The van der Waals surface area contributed by atoms with E-state index >= 15 is 0 Å². The number of carbonyl (C=O) groups is 2. The predicted molar refractivity (Wildman–Crippen MR) is 112 cm³/mol. The van der Waals surface area contributed by atoms with Gasteiger partial charge in [-0.15, -0.1) is 0 Å². The minimum atomic E-state index is -4.84. The third-order valence-electron chi connectivity index (χ3n) is 4.68. The molecule has 0 fully saturated rings. The first-order valence-electron chi connectivity index (χ1n) is 9.57. The first-order chi connectivity index (χ1) is 14.2. The maximum absolute atomic E-state index is 12.3. The van der Waals surface area contributed by atoms with Gasteiger partial charge in [0.1, 0.15) is 0 Å². The number of hydrogen-bond donors (Lipinski definition) is 1. The summed E-state index contributed by atoms with van der Waals surface area (Å²) in [6.45, 7) is 3.59. The standard InChI is InChI=1S/C22H26O7S/c1-16(18-9-5-3-6-10-18)14-28-21(23)13-20(30(25,26)27)22(24)29-15-17(2)19-11-7-4-8-12-19/h3-12,16-17,20H,13-15H2,1-2H3,(H,25,26,27). The highest BCUT2D eigenvalue weighted by Crippen LogP contribution is 2.18. The van der Waals surface area contributed by atoms with Crippen molar-refractivity contribution in [3.8, 4) is 0 Å². The van der Waals surface area contributed by atoms with Gasteiger partial charge in [0.25, 0.3) is 10.1 Å². The topological polar surface area (TPSA) is 107 Å². The molecule has 0 aromatic heterocycles. The fourth-order valence-corrected chi connectivity index (χ4v) is 3.45. The summed E-state index contributed by atoms with van der Waals surface area (Å²) in [5.74, 6) is -2.39. The third kappa shape index (κ3) is 7.27. The van der Waals surface area contributed by atoms with Crippen molar-refractivity contribution in [2.45, 2.75) is 37.4 Å². The van der Waals surface area contributed by atoms with Gasteiger partial charge in [0.2, 0.25) is 0 Å². The van der Waals surface area contributed by atoms with Crippen LogP contribution in [0, 0.1) is 0 Å². The number of rotatable bonds is 10. The highest BCUT2D eigenvalue weighted by Gasteiger charge is 2.36. The highest BCUT2D eigenvalue weighted by molar-refractivity contribution is 7.87. The molecule has 0 heterocycles. The van der Waals surface area contributed by atoms with E-state index in [1.165, 1.54) is 0 Å². The maximum atomic E-state index is 12.3. The molecule has 0 saturated carbocycles. The van der Waals surface area contributed by atoms with E-state index in [0.717, 1.165) is 11.1 Å². The molecule has 2 aromatic carbocycles. The molecule has 0 amide bonds. The van der Waals surface area contributed by atoms with Gasteiger partial charge >= 0.3 is 11.9 Å². The predicted octanol–water partition coefficient (Wildman–Crippen LogP) is 3.33. The Morgan fingerprint density at radius 3 is 1.70 bits per heavy atom. The van der Waals surface area contributed by atoms with Crippen LogP contribution in [0.25, 0.3) is 0 Å². The summed E-state index contributed by atoms with van der Waals surface area (Å²) in [7, 11) is -4.84. The molecule has 30 heavy (non-hydrogen) atoms. The monoisotopic (exact) mass is 434 g/mol. The zero-order chi connectivity index (χ0) is 22.1. The summed E-state index contributed by atoms with van der Waals surface area (Å²) in [5.41, 5.74) is 1.86. The van der Waals surface area contributed by atoms with Gasteiger partial charge in [-0.2, -0.15) is 8.42 Å². The Labute approximate surface area is 176 Å². The van der Waals surface area contributed by atoms with Crippen molar-refractivity contribution in [1.82, 2.24) is 0 Å². The lowest BCUT2D eigenvalue weighted by Crippen LogP contribution is -2.35. The molecule has 7 nitrogen and oxygen atoms in total. The maximum Gasteiger partial charge on any atom is 0.327 e. The summed E-state index contributed by atoms with van der Waals surface area (Å²) in [6, 6.07) is 18.6. The van der Waals surface area contributed by atoms with Crippen LogP contribution in [0.1, 0.15) is 43.2 Å². The van der Waals surface area contributed by atoms with E-state index < -0.39 is 33.7 Å². The lowest BCUT2D eigenvalue weighted by molar-refractivity contribution is -0.150. The van der Waals surface area contributed by atoms with E-state index in [2.05, 4.69) is 0 Å². The molecule has 3 atom stereocenters. The van der Waals surface area contributed by atoms with Crippen molar-refractivity contribution in [2.24, 2.45) is 0 Å². The fourth-order valence-electron chi connectivity index (χ4n) is 2.79. The molecule has 2 aromatic rings. The van der Waals surface area contributed by atoms with E-state index in [-0.39, 0.29) is 25.0 Å². The van der Waals surface area contributed by atoms with Gasteiger partial charge in [-0.05, 0) is 11.1 Å². The van der Waals surface area contributed by atoms with Crippen LogP contribution in [0.4, 0.5) is 0 Å². The van der Waals surface area contributed by atoms with Crippen molar-refractivity contribution in [3.63, 3.8) is 0 Å². The van der Waals surface area contributed by atoms with E-state index in [1.54, 1.807) is 0 Å². The summed E-state index contributed by atoms with van der Waals surface area (Å²) in [6.07, 6.45) is -0.821. The Balaban J connectivity index is 1.91. The Bertz CT molecular complexity index is 926. The molecule has 3 unspecified atom stereocenters. The molecule has 0 aliphatic heterocycles. The van der Waals surface area contributed by atoms with E-state index in [9.17, 15) is 22.6 Å². The fraction of sp³-hybridized carbons (Fsp3) is 0.364. The first-order valence-corrected chi connectivity index (χ1v) is 11.1. The van der Waals surface area contributed by atoms with Crippen LogP contribution in [-0.4, -0.2) is 43.4 Å². The van der Waals surface area contributed by atoms with E-state index in [1.807, 2.05) is 74.5 Å². The second-order valence-corrected chi connectivity index (χ2v) is 8.74. The van der Waals surface area contributed by atoms with Crippen molar-refractivity contribution < 1.29 is 32.0 Å². The van der Waals surface area contributed by atoms with Gasteiger partial charge in [0, 0.05) is 11.8 Å². The largest absolute Gasteiger partial charge is 0.465 e. The van der Waals surface area contributed by atoms with E-state index in [4.69, 9.17) is 9.47 Å². The number of carbonyl (C=O) groups excluding carboxylic acids is 2. The van der Waals surface area contributed by atoms with Gasteiger partial charge < -0.3 is 9.47 Å². The van der Waals surface area contributed by atoms with Gasteiger partial charge in [-0.25, -0.2) is 0 Å². The average Bonchev–Trinajstić information content (AvgIpc) is 2.74. The third-order valence-corrected chi connectivity index (χ3v) is 5.76. The molecule has 0 spiro atoms. The van der Waals surface area contributed by atoms with Crippen molar-refractivity contribution in [1.29, 1.82) is 0 Å². The van der Waals surface area contributed by atoms with Crippen LogP contribution in [0.3, 0.4) is 0 Å². The first kappa shape index (κ1) is 23.6. The van der Waals surface area contributed by atoms with Gasteiger partial charge in [-0.3, -0.25) is 14.1 Å². The Kier molecular flexibility index (Phi) is 8.56. The molecule has 0 saturated heterocycles. The zero-order valence-corrected chi connectivity index (χ0v) is 17.7. The molecule has 1 N–H and O–H groups in total. The average molecular weight is 435 g/mol. The number of esters is 2.